The molecule has 6 heteroatoms. The topological polar surface area (TPSA) is 72.5 Å². The van der Waals surface area contributed by atoms with Gasteiger partial charge < -0.3 is 20.1 Å². The van der Waals surface area contributed by atoms with Crippen LogP contribution >= 0.6 is 0 Å². The van der Waals surface area contributed by atoms with E-state index in [1.165, 1.54) is 7.11 Å². The van der Waals surface area contributed by atoms with Crippen molar-refractivity contribution in [2.45, 2.75) is 12.5 Å². The normalized spacial score (nSPS) is 16.1. The Balaban J connectivity index is 1.70. The summed E-state index contributed by atoms with van der Waals surface area (Å²) in [6, 6.07) is 10.8. The van der Waals surface area contributed by atoms with Crippen LogP contribution in [0.15, 0.2) is 42.6 Å². The van der Waals surface area contributed by atoms with E-state index in [1.54, 1.807) is 18.3 Å². The third kappa shape index (κ3) is 2.95. The van der Waals surface area contributed by atoms with Gasteiger partial charge in [-0.05, 0) is 18.2 Å². The van der Waals surface area contributed by atoms with Gasteiger partial charge in [0, 0.05) is 18.2 Å². The quantitative estimate of drug-likeness (QED) is 0.914. The van der Waals surface area contributed by atoms with Gasteiger partial charge in [-0.15, -0.1) is 0 Å². The first-order valence-corrected chi connectivity index (χ1v) is 7.06. The molecule has 0 radical (unpaired) electrons. The van der Waals surface area contributed by atoms with E-state index in [0.717, 1.165) is 17.7 Å². The number of pyridine rings is 1. The highest BCUT2D eigenvalue weighted by Gasteiger charge is 2.22. The summed E-state index contributed by atoms with van der Waals surface area (Å²) in [7, 11) is 1.51. The Kier molecular flexibility index (Phi) is 4.09. The second-order valence-corrected chi connectivity index (χ2v) is 4.89. The summed E-state index contributed by atoms with van der Waals surface area (Å²) in [5.41, 5.74) is 1.52. The van der Waals surface area contributed by atoms with Gasteiger partial charge in [-0.2, -0.15) is 0 Å². The lowest BCUT2D eigenvalue weighted by Gasteiger charge is -2.26. The zero-order chi connectivity index (χ0) is 15.4. The number of aromatic nitrogens is 1. The summed E-state index contributed by atoms with van der Waals surface area (Å²) in [4.78, 5) is 16.3. The third-order valence-electron chi connectivity index (χ3n) is 3.48. The van der Waals surface area contributed by atoms with E-state index in [1.807, 2.05) is 24.3 Å². The monoisotopic (exact) mass is 299 g/mol. The first-order chi connectivity index (χ1) is 10.8. The van der Waals surface area contributed by atoms with Crippen molar-refractivity contribution in [1.82, 2.24) is 10.3 Å². The van der Waals surface area contributed by atoms with E-state index < -0.39 is 0 Å². The summed E-state index contributed by atoms with van der Waals surface area (Å²) in [5, 5.41) is 5.72. The number of carbonyl (C=O) groups excluding carboxylic acids is 1. The van der Waals surface area contributed by atoms with Crippen LogP contribution in [0.4, 0.5) is 10.5 Å². The third-order valence-corrected chi connectivity index (χ3v) is 3.48. The van der Waals surface area contributed by atoms with Crippen LogP contribution in [0.5, 0.6) is 11.6 Å². The number of hydrogen-bond donors (Lipinski definition) is 2. The Morgan fingerprint density at radius 1 is 1.32 bits per heavy atom. The first-order valence-electron chi connectivity index (χ1n) is 7.06. The molecule has 1 atom stereocenters. The average Bonchev–Trinajstić information content (AvgIpc) is 2.55. The summed E-state index contributed by atoms with van der Waals surface area (Å²) in [5.74, 6) is 1.20. The number of ether oxygens (including phenoxy) is 2. The molecule has 2 amide bonds. The van der Waals surface area contributed by atoms with Crippen molar-refractivity contribution in [3.8, 4) is 11.6 Å². The molecule has 0 unspecified atom stereocenters. The van der Waals surface area contributed by atoms with E-state index in [-0.39, 0.29) is 12.1 Å². The molecule has 6 nitrogen and oxygen atoms in total. The average molecular weight is 299 g/mol. The SMILES string of the molecule is COc1ncccc1NC(=O)N[C@@H]1CCOc2ccccc21. The minimum Gasteiger partial charge on any atom is -0.493 e. The molecule has 1 aromatic carbocycles. The fourth-order valence-electron chi connectivity index (χ4n) is 2.46. The summed E-state index contributed by atoms with van der Waals surface area (Å²) >= 11 is 0. The predicted octanol–water partition coefficient (Wildman–Crippen LogP) is 2.74. The highest BCUT2D eigenvalue weighted by molar-refractivity contribution is 5.90. The van der Waals surface area contributed by atoms with Gasteiger partial charge in [-0.3, -0.25) is 0 Å². The number of urea groups is 1. The molecule has 1 aliphatic heterocycles. The molecule has 1 aliphatic rings. The highest BCUT2D eigenvalue weighted by atomic mass is 16.5. The minimum atomic E-state index is -0.298. The van der Waals surface area contributed by atoms with Gasteiger partial charge in [0.25, 0.3) is 0 Å². The lowest BCUT2D eigenvalue weighted by molar-refractivity contribution is 0.232. The molecule has 0 saturated heterocycles. The Morgan fingerprint density at radius 2 is 2.18 bits per heavy atom. The second-order valence-electron chi connectivity index (χ2n) is 4.89. The summed E-state index contributed by atoms with van der Waals surface area (Å²) < 4.78 is 10.7. The Labute approximate surface area is 128 Å². The molecule has 114 valence electrons. The standard InChI is InChI=1S/C16H17N3O3/c1-21-15-13(6-4-9-17-15)19-16(20)18-12-8-10-22-14-7-3-2-5-11(12)14/h2-7,9,12H,8,10H2,1H3,(H2,18,19,20)/t12-/m1/s1. The Morgan fingerprint density at radius 3 is 3.05 bits per heavy atom. The Bertz CT molecular complexity index is 675. The second kappa shape index (κ2) is 6.34. The molecule has 0 aliphatic carbocycles. The number of carbonyl (C=O) groups is 1. The van der Waals surface area contributed by atoms with Gasteiger partial charge >= 0.3 is 6.03 Å². The van der Waals surface area contributed by atoms with E-state index in [9.17, 15) is 4.79 Å². The summed E-state index contributed by atoms with van der Waals surface area (Å²) in [6.07, 6.45) is 2.34. The fourth-order valence-corrected chi connectivity index (χ4v) is 2.46. The van der Waals surface area contributed by atoms with Crippen LogP contribution in [0.2, 0.25) is 0 Å². The molecule has 0 spiro atoms. The zero-order valence-electron chi connectivity index (χ0n) is 12.2. The van der Waals surface area contributed by atoms with E-state index in [4.69, 9.17) is 9.47 Å². The van der Waals surface area contributed by atoms with Gasteiger partial charge in [-0.1, -0.05) is 18.2 Å². The van der Waals surface area contributed by atoms with Crippen LogP contribution in [0.3, 0.4) is 0 Å². The van der Waals surface area contributed by atoms with Gasteiger partial charge in [0.1, 0.15) is 11.4 Å². The van der Waals surface area contributed by atoms with Gasteiger partial charge in [0.2, 0.25) is 5.88 Å². The van der Waals surface area contributed by atoms with Crippen LogP contribution in [0.1, 0.15) is 18.0 Å². The molecule has 2 heterocycles. The van der Waals surface area contributed by atoms with Crippen molar-refractivity contribution in [2.24, 2.45) is 0 Å². The highest BCUT2D eigenvalue weighted by Crippen LogP contribution is 2.31. The smallest absolute Gasteiger partial charge is 0.319 e. The number of anilines is 1. The molecule has 1 aromatic heterocycles. The van der Waals surface area contributed by atoms with E-state index in [2.05, 4.69) is 15.6 Å². The van der Waals surface area contributed by atoms with Crippen LogP contribution in [0.25, 0.3) is 0 Å². The number of nitrogens with zero attached hydrogens (tertiary/aromatic N) is 1. The van der Waals surface area contributed by atoms with Gasteiger partial charge in [0.05, 0.1) is 19.8 Å². The van der Waals surface area contributed by atoms with Crippen molar-refractivity contribution in [1.29, 1.82) is 0 Å². The van der Waals surface area contributed by atoms with Gasteiger partial charge in [0.15, 0.2) is 0 Å². The minimum absolute atomic E-state index is 0.0763. The molecule has 0 fully saturated rings. The molecule has 2 aromatic rings. The molecule has 22 heavy (non-hydrogen) atoms. The molecular formula is C16H17N3O3. The number of fused-ring (bicyclic) bond motifs is 1. The molecule has 3 rings (SSSR count). The van der Waals surface area contributed by atoms with Crippen LogP contribution in [0, 0.1) is 0 Å². The number of nitrogens with one attached hydrogen (secondary N) is 2. The largest absolute Gasteiger partial charge is 0.493 e. The van der Waals surface area contributed by atoms with E-state index in [0.29, 0.717) is 18.2 Å². The Hall–Kier alpha value is -2.76. The van der Waals surface area contributed by atoms with Gasteiger partial charge in [-0.25, -0.2) is 9.78 Å². The molecular weight excluding hydrogens is 282 g/mol. The number of benzene rings is 1. The van der Waals surface area contributed by atoms with Crippen LogP contribution < -0.4 is 20.1 Å². The predicted molar refractivity (Wildman–Crippen MR) is 82.2 cm³/mol. The number of para-hydroxylation sites is 1. The molecule has 0 saturated carbocycles. The number of methoxy groups -OCH3 is 1. The number of amides is 2. The maximum absolute atomic E-state index is 12.2. The van der Waals surface area contributed by atoms with E-state index >= 15 is 0 Å². The maximum Gasteiger partial charge on any atom is 0.319 e. The lowest BCUT2D eigenvalue weighted by atomic mass is 10.0. The molecule has 2 N–H and O–H groups in total. The number of rotatable bonds is 3. The molecule has 0 bridgehead atoms. The number of hydrogen-bond acceptors (Lipinski definition) is 4. The van der Waals surface area contributed by atoms with Crippen molar-refractivity contribution in [3.05, 3.63) is 48.2 Å². The summed E-state index contributed by atoms with van der Waals surface area (Å²) in [6.45, 7) is 0.582. The van der Waals surface area contributed by atoms with Crippen LogP contribution in [-0.2, 0) is 0 Å². The van der Waals surface area contributed by atoms with Crippen molar-refractivity contribution < 1.29 is 14.3 Å². The maximum atomic E-state index is 12.2. The first kappa shape index (κ1) is 14.2. The van der Waals surface area contributed by atoms with Crippen molar-refractivity contribution in [2.75, 3.05) is 19.0 Å². The fraction of sp³-hybridized carbons (Fsp3) is 0.250. The van der Waals surface area contributed by atoms with Crippen molar-refractivity contribution in [3.63, 3.8) is 0 Å². The zero-order valence-corrected chi connectivity index (χ0v) is 12.2. The van der Waals surface area contributed by atoms with Crippen molar-refractivity contribution >= 4 is 11.7 Å². The van der Waals surface area contributed by atoms with Crippen LogP contribution in [-0.4, -0.2) is 24.7 Å². The lowest BCUT2D eigenvalue weighted by Crippen LogP contribution is -2.35.